The summed E-state index contributed by atoms with van der Waals surface area (Å²) in [6, 6.07) is 12.1. The second-order valence-electron chi connectivity index (χ2n) is 10.0. The number of esters is 2. The molecule has 0 spiro atoms. The monoisotopic (exact) mass is 522 g/mol. The minimum Gasteiger partial charge on any atom is -0.458 e. The molecule has 2 aromatic carbocycles. The maximum atomic E-state index is 12.6. The van der Waals surface area contributed by atoms with Crippen molar-refractivity contribution in [2.75, 3.05) is 18.1 Å². The zero-order valence-electron chi connectivity index (χ0n) is 22.5. The molecule has 206 valence electrons. The molecule has 1 fully saturated rings. The first-order chi connectivity index (χ1) is 18.4. The molecular weight excluding hydrogens is 480 g/mol. The minimum absolute atomic E-state index is 0.0437. The van der Waals surface area contributed by atoms with Gasteiger partial charge in [0.1, 0.15) is 12.4 Å². The van der Waals surface area contributed by atoms with E-state index >= 15 is 0 Å². The first-order valence-electron chi connectivity index (χ1n) is 13.9. The molecule has 7 nitrogen and oxygen atoms in total. The lowest BCUT2D eigenvalue weighted by Crippen LogP contribution is -2.29. The molecule has 0 bridgehead atoms. The SMILES string of the molecule is CCCCCCCCOC1CCC(C(=O)Oc2ccc(C=CC(=O)OCc3cc(N)ccc3N)cc2)CC1. The highest BCUT2D eigenvalue weighted by atomic mass is 16.5. The Hall–Kier alpha value is -3.32. The van der Waals surface area contributed by atoms with Gasteiger partial charge in [0, 0.05) is 29.6 Å². The summed E-state index contributed by atoms with van der Waals surface area (Å²) in [5.41, 5.74) is 14.1. The van der Waals surface area contributed by atoms with Crippen LogP contribution in [0.5, 0.6) is 5.75 Å². The van der Waals surface area contributed by atoms with Crippen LogP contribution in [0.4, 0.5) is 11.4 Å². The van der Waals surface area contributed by atoms with Gasteiger partial charge in [0.2, 0.25) is 0 Å². The summed E-state index contributed by atoms with van der Waals surface area (Å²) in [5.74, 6) is -0.276. The largest absolute Gasteiger partial charge is 0.458 e. The van der Waals surface area contributed by atoms with Crippen LogP contribution < -0.4 is 16.2 Å². The molecule has 0 aromatic heterocycles. The van der Waals surface area contributed by atoms with Crippen LogP contribution in [0, 0.1) is 5.92 Å². The molecule has 3 rings (SSSR count). The molecular formula is C31H42N2O5. The molecule has 38 heavy (non-hydrogen) atoms. The number of carbonyl (C=O) groups is 2. The highest BCUT2D eigenvalue weighted by molar-refractivity contribution is 5.87. The number of unbranched alkanes of at least 4 members (excludes halogenated alkanes) is 5. The van der Waals surface area contributed by atoms with Crippen LogP contribution in [-0.2, 0) is 25.7 Å². The van der Waals surface area contributed by atoms with Crippen molar-refractivity contribution in [3.05, 3.63) is 59.7 Å². The fourth-order valence-electron chi connectivity index (χ4n) is 4.56. The number of nitrogen functional groups attached to an aromatic ring is 2. The van der Waals surface area contributed by atoms with E-state index in [1.807, 2.05) is 0 Å². The van der Waals surface area contributed by atoms with Crippen molar-refractivity contribution in [1.82, 2.24) is 0 Å². The molecule has 4 N–H and O–H groups in total. The maximum absolute atomic E-state index is 12.6. The Balaban J connectivity index is 1.34. The molecule has 0 amide bonds. The van der Waals surface area contributed by atoms with Crippen LogP contribution in [0.1, 0.15) is 82.3 Å². The lowest BCUT2D eigenvalue weighted by Gasteiger charge is -2.27. The van der Waals surface area contributed by atoms with E-state index in [9.17, 15) is 9.59 Å². The zero-order valence-corrected chi connectivity index (χ0v) is 22.5. The molecule has 0 aliphatic heterocycles. The van der Waals surface area contributed by atoms with E-state index in [1.54, 1.807) is 48.5 Å². The lowest BCUT2D eigenvalue weighted by atomic mass is 9.87. The van der Waals surface area contributed by atoms with Gasteiger partial charge in [-0.15, -0.1) is 0 Å². The van der Waals surface area contributed by atoms with Gasteiger partial charge < -0.3 is 25.7 Å². The van der Waals surface area contributed by atoms with Crippen molar-refractivity contribution in [3.63, 3.8) is 0 Å². The summed E-state index contributed by atoms with van der Waals surface area (Å²) in [7, 11) is 0. The number of hydrogen-bond donors (Lipinski definition) is 2. The Morgan fingerprint density at radius 2 is 1.63 bits per heavy atom. The predicted molar refractivity (Wildman–Crippen MR) is 151 cm³/mol. The Labute approximate surface area is 226 Å². The van der Waals surface area contributed by atoms with Gasteiger partial charge in [0.15, 0.2) is 0 Å². The molecule has 1 aliphatic carbocycles. The van der Waals surface area contributed by atoms with Gasteiger partial charge in [0.25, 0.3) is 0 Å². The molecule has 2 aromatic rings. The van der Waals surface area contributed by atoms with Crippen molar-refractivity contribution in [3.8, 4) is 5.75 Å². The molecule has 0 unspecified atom stereocenters. The highest BCUT2D eigenvalue weighted by Gasteiger charge is 2.28. The smallest absolute Gasteiger partial charge is 0.331 e. The van der Waals surface area contributed by atoms with E-state index in [4.69, 9.17) is 25.7 Å². The topological polar surface area (TPSA) is 114 Å². The Morgan fingerprint density at radius 1 is 0.921 bits per heavy atom. The molecule has 0 radical (unpaired) electrons. The fraction of sp³-hybridized carbons (Fsp3) is 0.484. The molecule has 1 aliphatic rings. The van der Waals surface area contributed by atoms with Gasteiger partial charge in [0.05, 0.1) is 12.0 Å². The summed E-state index contributed by atoms with van der Waals surface area (Å²) in [5, 5.41) is 0. The first-order valence-corrected chi connectivity index (χ1v) is 13.9. The fourth-order valence-corrected chi connectivity index (χ4v) is 4.56. The number of nitrogens with two attached hydrogens (primary N) is 2. The normalized spacial score (nSPS) is 17.4. The van der Waals surface area contributed by atoms with Gasteiger partial charge >= 0.3 is 11.9 Å². The Bertz CT molecular complexity index is 1040. The first kappa shape index (κ1) is 29.2. The molecule has 7 heteroatoms. The van der Waals surface area contributed by atoms with Crippen molar-refractivity contribution in [2.45, 2.75) is 83.8 Å². The third-order valence-corrected chi connectivity index (χ3v) is 6.91. The minimum atomic E-state index is -0.492. The summed E-state index contributed by atoms with van der Waals surface area (Å²) in [6.07, 6.45) is 14.2. The second kappa shape index (κ2) is 15.8. The number of benzene rings is 2. The third-order valence-electron chi connectivity index (χ3n) is 6.91. The van der Waals surface area contributed by atoms with Crippen molar-refractivity contribution in [2.24, 2.45) is 5.92 Å². The quantitative estimate of drug-likeness (QED) is 0.0963. The average Bonchev–Trinajstić information content (AvgIpc) is 2.93. The van der Waals surface area contributed by atoms with Gasteiger partial charge in [-0.3, -0.25) is 4.79 Å². The summed E-state index contributed by atoms with van der Waals surface area (Å²) in [4.78, 5) is 24.7. The van der Waals surface area contributed by atoms with Crippen LogP contribution in [0.3, 0.4) is 0 Å². The zero-order chi connectivity index (χ0) is 27.2. The average molecular weight is 523 g/mol. The Kier molecular flexibility index (Phi) is 12.2. The standard InChI is InChI=1S/C31H42N2O5/c1-2-3-4-5-6-7-20-36-27-16-11-24(12-17-27)31(35)38-28-14-8-23(9-15-28)10-19-30(34)37-22-25-21-26(32)13-18-29(25)33/h8-10,13-15,18-19,21,24,27H,2-7,11-12,16-17,20,22,32-33H2,1H3. The molecule has 0 atom stereocenters. The van der Waals surface area contributed by atoms with Gasteiger partial charge in [-0.05, 0) is 74.1 Å². The van der Waals surface area contributed by atoms with Crippen LogP contribution in [0.25, 0.3) is 6.08 Å². The molecule has 0 saturated heterocycles. The number of ether oxygens (including phenoxy) is 3. The number of anilines is 2. The van der Waals surface area contributed by atoms with E-state index < -0.39 is 5.97 Å². The maximum Gasteiger partial charge on any atom is 0.331 e. The Morgan fingerprint density at radius 3 is 2.37 bits per heavy atom. The summed E-state index contributed by atoms with van der Waals surface area (Å²) >= 11 is 0. The van der Waals surface area contributed by atoms with Crippen LogP contribution in [0.2, 0.25) is 0 Å². The van der Waals surface area contributed by atoms with Crippen LogP contribution in [0.15, 0.2) is 48.5 Å². The van der Waals surface area contributed by atoms with E-state index in [2.05, 4.69) is 6.92 Å². The van der Waals surface area contributed by atoms with Crippen LogP contribution >= 0.6 is 0 Å². The van der Waals surface area contributed by atoms with Crippen molar-refractivity contribution >= 4 is 29.4 Å². The second-order valence-corrected chi connectivity index (χ2v) is 10.0. The van der Waals surface area contributed by atoms with Crippen LogP contribution in [-0.4, -0.2) is 24.6 Å². The highest BCUT2D eigenvalue weighted by Crippen LogP contribution is 2.28. The van der Waals surface area contributed by atoms with Crippen molar-refractivity contribution in [1.29, 1.82) is 0 Å². The lowest BCUT2D eigenvalue weighted by molar-refractivity contribution is -0.141. The molecule has 1 saturated carbocycles. The number of hydrogen-bond acceptors (Lipinski definition) is 7. The summed E-state index contributed by atoms with van der Waals surface area (Å²) in [6.45, 7) is 3.10. The van der Waals surface area contributed by atoms with Crippen molar-refractivity contribution < 1.29 is 23.8 Å². The van der Waals surface area contributed by atoms with Gasteiger partial charge in [-0.25, -0.2) is 4.79 Å². The van der Waals surface area contributed by atoms with E-state index in [1.165, 1.54) is 38.2 Å². The van der Waals surface area contributed by atoms with Gasteiger partial charge in [-0.1, -0.05) is 51.2 Å². The number of carbonyl (C=O) groups excluding carboxylic acids is 2. The number of rotatable bonds is 14. The van der Waals surface area contributed by atoms with Gasteiger partial charge in [-0.2, -0.15) is 0 Å². The van der Waals surface area contributed by atoms with E-state index in [0.717, 1.165) is 44.3 Å². The molecule has 0 heterocycles. The summed E-state index contributed by atoms with van der Waals surface area (Å²) < 4.78 is 16.9. The predicted octanol–water partition coefficient (Wildman–Crippen LogP) is 6.45. The van der Waals surface area contributed by atoms with E-state index in [-0.39, 0.29) is 24.6 Å². The van der Waals surface area contributed by atoms with E-state index in [0.29, 0.717) is 22.7 Å². The third kappa shape index (κ3) is 10.2.